The Labute approximate surface area is 264 Å². The Bertz CT molecular complexity index is 1540. The molecule has 1 unspecified atom stereocenters. The van der Waals surface area contributed by atoms with Crippen LogP contribution in [0, 0.1) is 16.0 Å². The lowest BCUT2D eigenvalue weighted by Crippen LogP contribution is -2.43. The highest BCUT2D eigenvalue weighted by molar-refractivity contribution is 6.07. The number of carbonyl (C=O) groups excluding carboxylic acids is 2. The van der Waals surface area contributed by atoms with E-state index in [9.17, 15) is 19.7 Å². The predicted molar refractivity (Wildman–Crippen MR) is 174 cm³/mol. The summed E-state index contributed by atoms with van der Waals surface area (Å²) in [5, 5.41) is 11.6. The van der Waals surface area contributed by atoms with Crippen molar-refractivity contribution in [2.24, 2.45) is 10.9 Å². The van der Waals surface area contributed by atoms with Crippen LogP contribution in [-0.4, -0.2) is 60.3 Å². The van der Waals surface area contributed by atoms with E-state index in [2.05, 4.69) is 58.4 Å². The summed E-state index contributed by atoms with van der Waals surface area (Å²) in [5.41, 5.74) is 2.90. The number of carbonyl (C=O) groups is 2. The molecular formula is C36H41N3O6. The fraction of sp³-hybridized carbons (Fsp3) is 0.361. The number of rotatable bonds is 12. The third-order valence-corrected chi connectivity index (χ3v) is 8.17. The maximum Gasteiger partial charge on any atom is 0.337 e. The van der Waals surface area contributed by atoms with Crippen molar-refractivity contribution >= 4 is 23.3 Å². The van der Waals surface area contributed by atoms with Crippen molar-refractivity contribution < 1.29 is 24.0 Å². The Balaban J connectivity index is 1.54. The normalized spacial score (nSPS) is 16.8. The van der Waals surface area contributed by atoms with Gasteiger partial charge in [-0.05, 0) is 64.4 Å². The van der Waals surface area contributed by atoms with Crippen LogP contribution in [0.2, 0.25) is 0 Å². The van der Waals surface area contributed by atoms with Crippen LogP contribution in [0.3, 0.4) is 0 Å². The van der Waals surface area contributed by atoms with Crippen LogP contribution in [0.4, 0.5) is 5.69 Å². The van der Waals surface area contributed by atoms with E-state index in [1.165, 1.54) is 36.4 Å². The van der Waals surface area contributed by atoms with Crippen molar-refractivity contribution in [3.63, 3.8) is 0 Å². The molecule has 0 saturated heterocycles. The van der Waals surface area contributed by atoms with E-state index in [1.54, 1.807) is 19.9 Å². The molecule has 0 saturated carbocycles. The molecule has 9 heteroatoms. The van der Waals surface area contributed by atoms with Crippen LogP contribution in [0.5, 0.6) is 0 Å². The molecule has 4 rings (SSSR count). The molecule has 1 aliphatic rings. The average Bonchev–Trinajstić information content (AvgIpc) is 3.01. The smallest absolute Gasteiger partial charge is 0.337 e. The van der Waals surface area contributed by atoms with Gasteiger partial charge in [0.1, 0.15) is 11.5 Å². The highest BCUT2D eigenvalue weighted by atomic mass is 16.6. The zero-order valence-corrected chi connectivity index (χ0v) is 26.7. The molecule has 3 aromatic rings. The maximum atomic E-state index is 14.0. The minimum absolute atomic E-state index is 0.145. The second kappa shape index (κ2) is 14.4. The lowest BCUT2D eigenvalue weighted by atomic mass is 9.75. The summed E-state index contributed by atoms with van der Waals surface area (Å²) in [4.78, 5) is 44.7. The van der Waals surface area contributed by atoms with Gasteiger partial charge in [0.2, 0.25) is 0 Å². The highest BCUT2D eigenvalue weighted by Crippen LogP contribution is 2.41. The molecule has 3 aromatic carbocycles. The van der Waals surface area contributed by atoms with E-state index in [-0.39, 0.29) is 17.2 Å². The van der Waals surface area contributed by atoms with Gasteiger partial charge in [0.25, 0.3) is 5.69 Å². The van der Waals surface area contributed by atoms with Crippen LogP contribution < -0.4 is 0 Å². The minimum Gasteiger partial charge on any atom is -0.468 e. The quantitative estimate of drug-likeness (QED) is 0.127. The minimum atomic E-state index is -0.943. The number of esters is 2. The molecule has 0 radical (unpaired) electrons. The molecule has 1 heterocycles. The summed E-state index contributed by atoms with van der Waals surface area (Å²) in [6.07, 6.45) is 0.864. The van der Waals surface area contributed by atoms with E-state index < -0.39 is 34.3 Å². The number of likely N-dealkylation sites (N-methyl/N-ethyl adjacent to an activating group) is 1. The number of aliphatic imine (C=N–C) groups is 1. The predicted octanol–water partition coefficient (Wildman–Crippen LogP) is 6.69. The summed E-state index contributed by atoms with van der Waals surface area (Å²) >= 11 is 0. The van der Waals surface area contributed by atoms with Crippen molar-refractivity contribution in [3.8, 4) is 0 Å². The first kappa shape index (κ1) is 33.3. The number of nitro benzene ring substituents is 1. The number of methoxy groups -OCH3 is 1. The fourth-order valence-electron chi connectivity index (χ4n) is 6.24. The van der Waals surface area contributed by atoms with Gasteiger partial charge in [0, 0.05) is 41.9 Å². The monoisotopic (exact) mass is 611 g/mol. The summed E-state index contributed by atoms with van der Waals surface area (Å²) in [6, 6.07) is 26.8. The average molecular weight is 612 g/mol. The third-order valence-electron chi connectivity index (χ3n) is 8.17. The van der Waals surface area contributed by atoms with Crippen molar-refractivity contribution in [2.75, 3.05) is 27.2 Å². The zero-order valence-electron chi connectivity index (χ0n) is 26.7. The molecule has 9 nitrogen and oxygen atoms in total. The number of benzene rings is 3. The molecule has 0 N–H and O–H groups in total. The van der Waals surface area contributed by atoms with Gasteiger partial charge >= 0.3 is 11.9 Å². The molecule has 45 heavy (non-hydrogen) atoms. The molecule has 1 aliphatic heterocycles. The number of non-ortho nitro benzene ring substituents is 1. The maximum absolute atomic E-state index is 14.0. The van der Waals surface area contributed by atoms with E-state index in [0.29, 0.717) is 23.5 Å². The molecule has 0 bridgehead atoms. The number of nitro groups is 1. The van der Waals surface area contributed by atoms with Gasteiger partial charge in [-0.1, -0.05) is 72.8 Å². The van der Waals surface area contributed by atoms with Gasteiger partial charge in [-0.2, -0.15) is 0 Å². The topological polar surface area (TPSA) is 111 Å². The Morgan fingerprint density at radius 3 is 2.13 bits per heavy atom. The number of hydrogen-bond acceptors (Lipinski definition) is 8. The number of ether oxygens (including phenoxy) is 2. The van der Waals surface area contributed by atoms with Crippen LogP contribution >= 0.6 is 0 Å². The van der Waals surface area contributed by atoms with Crippen LogP contribution in [0.25, 0.3) is 0 Å². The SMILES string of the molecule is COC(=O)C1C(C)=NC(C)=C(C(=O)OC(C)(C)CN(C)CCC(c2ccccc2)c2ccccc2)[C@@H]1c1cccc([N+](=O)[O-])c1. The fourth-order valence-corrected chi connectivity index (χ4v) is 6.24. The van der Waals surface area contributed by atoms with Crippen LogP contribution in [-0.2, 0) is 19.1 Å². The van der Waals surface area contributed by atoms with E-state index >= 15 is 0 Å². The first-order valence-corrected chi connectivity index (χ1v) is 15.0. The van der Waals surface area contributed by atoms with Gasteiger partial charge in [-0.15, -0.1) is 0 Å². The summed E-state index contributed by atoms with van der Waals surface area (Å²) < 4.78 is 11.2. The molecule has 0 aliphatic carbocycles. The largest absolute Gasteiger partial charge is 0.468 e. The van der Waals surface area contributed by atoms with Crippen LogP contribution in [0.1, 0.15) is 62.6 Å². The Morgan fingerprint density at radius 2 is 1.58 bits per heavy atom. The standard InChI is InChI=1S/C36H41N3O6/c1-24-31(34(40)44-6)33(28-18-13-19-29(22-28)39(42)43)32(25(2)37-24)35(41)45-36(3,4)23-38(5)21-20-30(26-14-9-7-10-15-26)27-16-11-8-12-17-27/h7-19,22,30-31,33H,20-21,23H2,1-6H3/t31?,33-/m1/s1. The highest BCUT2D eigenvalue weighted by Gasteiger charge is 2.43. The Morgan fingerprint density at radius 1 is 0.978 bits per heavy atom. The summed E-state index contributed by atoms with van der Waals surface area (Å²) in [7, 11) is 3.27. The summed E-state index contributed by atoms with van der Waals surface area (Å²) in [6.45, 7) is 8.27. The lowest BCUT2D eigenvalue weighted by Gasteiger charge is -2.35. The first-order chi connectivity index (χ1) is 21.4. The van der Waals surface area contributed by atoms with Gasteiger partial charge in [0.15, 0.2) is 0 Å². The number of hydrogen-bond donors (Lipinski definition) is 0. The molecule has 2 atom stereocenters. The molecule has 0 fully saturated rings. The van der Waals surface area contributed by atoms with Crippen LogP contribution in [0.15, 0.2) is 101 Å². The van der Waals surface area contributed by atoms with E-state index in [4.69, 9.17) is 9.47 Å². The Hall–Kier alpha value is -4.63. The first-order valence-electron chi connectivity index (χ1n) is 15.0. The van der Waals surface area contributed by atoms with Crippen molar-refractivity contribution in [3.05, 3.63) is 123 Å². The molecule has 236 valence electrons. The second-order valence-corrected chi connectivity index (χ2v) is 12.1. The van der Waals surface area contributed by atoms with Gasteiger partial charge in [-0.3, -0.25) is 19.9 Å². The molecular weight excluding hydrogens is 570 g/mol. The third kappa shape index (κ3) is 8.10. The second-order valence-electron chi connectivity index (χ2n) is 12.1. The van der Waals surface area contributed by atoms with E-state index in [1.807, 2.05) is 33.0 Å². The van der Waals surface area contributed by atoms with E-state index in [0.717, 1.165) is 13.0 Å². The van der Waals surface area contributed by atoms with Crippen molar-refractivity contribution in [1.29, 1.82) is 0 Å². The lowest BCUT2D eigenvalue weighted by molar-refractivity contribution is -0.384. The van der Waals surface area contributed by atoms with Crippen molar-refractivity contribution in [1.82, 2.24) is 4.90 Å². The van der Waals surface area contributed by atoms with Gasteiger partial charge < -0.3 is 14.4 Å². The van der Waals surface area contributed by atoms with Gasteiger partial charge in [-0.25, -0.2) is 4.79 Å². The molecule has 0 spiro atoms. The number of nitrogens with zero attached hydrogens (tertiary/aromatic N) is 3. The number of allylic oxidation sites excluding steroid dienone is 1. The molecule has 0 amide bonds. The van der Waals surface area contributed by atoms with Crippen molar-refractivity contribution in [2.45, 2.75) is 51.6 Å². The molecule has 0 aromatic heterocycles. The zero-order chi connectivity index (χ0) is 32.7. The Kier molecular flexibility index (Phi) is 10.7. The van der Waals surface area contributed by atoms with Gasteiger partial charge in [0.05, 0.1) is 17.6 Å². The summed E-state index contributed by atoms with van der Waals surface area (Å²) in [5.74, 6) is -2.81.